The van der Waals surface area contributed by atoms with Crippen LogP contribution >= 0.6 is 11.6 Å². The number of carbonyl (C=O) groups is 2. The molecule has 0 spiro atoms. The van der Waals surface area contributed by atoms with Crippen LogP contribution in [0.2, 0.25) is 5.02 Å². The molecule has 0 aliphatic heterocycles. The Labute approximate surface area is 253 Å². The van der Waals surface area contributed by atoms with Gasteiger partial charge in [-0.05, 0) is 67.8 Å². The number of hydrogen-bond acceptors (Lipinski definition) is 6. The van der Waals surface area contributed by atoms with Crippen LogP contribution in [-0.2, 0) is 26.2 Å². The fourth-order valence-corrected chi connectivity index (χ4v) is 6.01. The van der Waals surface area contributed by atoms with Crippen molar-refractivity contribution >= 4 is 39.1 Å². The van der Waals surface area contributed by atoms with Crippen molar-refractivity contribution in [2.24, 2.45) is 0 Å². The maximum atomic E-state index is 14.2. The maximum absolute atomic E-state index is 14.2. The Morgan fingerprint density at radius 1 is 0.905 bits per heavy atom. The van der Waals surface area contributed by atoms with Gasteiger partial charge in [-0.25, -0.2) is 8.42 Å². The molecule has 1 N–H and O–H groups in total. The molecule has 0 aromatic heterocycles. The molecular formula is C31H38ClN3O6S. The predicted molar refractivity (Wildman–Crippen MR) is 164 cm³/mol. The molecule has 0 aliphatic carbocycles. The van der Waals surface area contributed by atoms with Crippen LogP contribution in [0, 0.1) is 0 Å². The lowest BCUT2D eigenvalue weighted by Crippen LogP contribution is -2.53. The summed E-state index contributed by atoms with van der Waals surface area (Å²) in [6.45, 7) is 5.06. The minimum atomic E-state index is -4.27. The molecule has 0 unspecified atom stereocenters. The molecule has 3 aromatic rings. The number of nitrogens with one attached hydrogen (secondary N) is 1. The minimum absolute atomic E-state index is 0.00723. The van der Waals surface area contributed by atoms with Crippen LogP contribution in [0.15, 0.2) is 77.7 Å². The number of para-hydroxylation sites is 2. The molecule has 2 atom stereocenters. The number of halogens is 1. The van der Waals surface area contributed by atoms with Crippen LogP contribution in [0.25, 0.3) is 0 Å². The number of benzene rings is 3. The van der Waals surface area contributed by atoms with Crippen LogP contribution < -0.4 is 19.1 Å². The maximum Gasteiger partial charge on any atom is 0.264 e. The zero-order valence-electron chi connectivity index (χ0n) is 24.5. The Kier molecular flexibility index (Phi) is 11.6. The summed E-state index contributed by atoms with van der Waals surface area (Å²) in [5.74, 6) is -0.155. The van der Waals surface area contributed by atoms with E-state index < -0.39 is 28.5 Å². The van der Waals surface area contributed by atoms with E-state index in [0.717, 1.165) is 4.31 Å². The van der Waals surface area contributed by atoms with Crippen LogP contribution in [-0.4, -0.2) is 58.0 Å². The lowest BCUT2D eigenvalue weighted by Gasteiger charge is -2.34. The SMILES string of the molecule is CC[C@@H](C)NC(=O)[C@H](CC)N(Cc1ccccc1Cl)C(=O)CN(c1ccccc1OC)S(=O)(=O)c1ccc(OC)cc1. The number of amides is 2. The van der Waals surface area contributed by atoms with Crippen molar-refractivity contribution in [3.63, 3.8) is 0 Å². The molecule has 3 aromatic carbocycles. The second-order valence-corrected chi connectivity index (χ2v) is 12.0. The normalized spacial score (nSPS) is 12.6. The van der Waals surface area contributed by atoms with Gasteiger partial charge in [-0.1, -0.05) is 55.8 Å². The first kappa shape index (κ1) is 32.8. The van der Waals surface area contributed by atoms with Gasteiger partial charge in [0.15, 0.2) is 0 Å². The van der Waals surface area contributed by atoms with Gasteiger partial charge in [-0.15, -0.1) is 0 Å². The highest BCUT2D eigenvalue weighted by Crippen LogP contribution is 2.33. The van der Waals surface area contributed by atoms with E-state index in [-0.39, 0.29) is 34.8 Å². The fraction of sp³-hybridized carbons (Fsp3) is 0.355. The molecule has 9 nitrogen and oxygen atoms in total. The Morgan fingerprint density at radius 3 is 2.14 bits per heavy atom. The number of carbonyl (C=O) groups excluding carboxylic acids is 2. The summed E-state index contributed by atoms with van der Waals surface area (Å²) in [6, 6.07) is 18.5. The molecule has 0 saturated carbocycles. The molecule has 0 saturated heterocycles. The van der Waals surface area contributed by atoms with E-state index in [1.807, 2.05) is 13.8 Å². The van der Waals surface area contributed by atoms with Gasteiger partial charge >= 0.3 is 0 Å². The molecule has 0 aliphatic rings. The lowest BCUT2D eigenvalue weighted by molar-refractivity contribution is -0.140. The van der Waals surface area contributed by atoms with Crippen molar-refractivity contribution in [3.05, 3.63) is 83.4 Å². The van der Waals surface area contributed by atoms with Crippen LogP contribution in [0.4, 0.5) is 5.69 Å². The van der Waals surface area contributed by atoms with E-state index in [1.165, 1.54) is 43.4 Å². The van der Waals surface area contributed by atoms with Crippen molar-refractivity contribution in [1.29, 1.82) is 0 Å². The molecule has 42 heavy (non-hydrogen) atoms. The molecule has 11 heteroatoms. The number of sulfonamides is 1. The summed E-state index contributed by atoms with van der Waals surface area (Å²) in [5.41, 5.74) is 0.808. The average Bonchev–Trinajstić information content (AvgIpc) is 3.00. The summed E-state index contributed by atoms with van der Waals surface area (Å²) in [4.78, 5) is 29.0. The molecule has 0 radical (unpaired) electrons. The van der Waals surface area contributed by atoms with Crippen molar-refractivity contribution in [1.82, 2.24) is 10.2 Å². The number of hydrogen-bond donors (Lipinski definition) is 1. The zero-order chi connectivity index (χ0) is 30.9. The molecular weight excluding hydrogens is 578 g/mol. The van der Waals surface area contributed by atoms with Gasteiger partial charge in [0.05, 0.1) is 24.8 Å². The second-order valence-electron chi connectivity index (χ2n) is 9.71. The highest BCUT2D eigenvalue weighted by Gasteiger charge is 2.35. The van der Waals surface area contributed by atoms with E-state index in [0.29, 0.717) is 29.2 Å². The molecule has 3 rings (SSSR count). The van der Waals surface area contributed by atoms with Crippen molar-refractivity contribution < 1.29 is 27.5 Å². The standard InChI is InChI=1S/C31H38ClN3O6S/c1-6-22(3)33-31(37)27(7-2)34(20-23-12-8-9-13-26(23)32)30(36)21-35(28-14-10-11-15-29(28)41-5)42(38,39)25-18-16-24(40-4)17-19-25/h8-19,22,27H,6-7,20-21H2,1-5H3,(H,33,37)/t22-,27+/m1/s1. The van der Waals surface area contributed by atoms with E-state index in [2.05, 4.69) is 5.32 Å². The molecule has 0 heterocycles. The quantitative estimate of drug-likeness (QED) is 0.265. The Morgan fingerprint density at radius 2 is 1.55 bits per heavy atom. The summed E-state index contributed by atoms with van der Waals surface area (Å²) < 4.78 is 39.8. The number of methoxy groups -OCH3 is 2. The minimum Gasteiger partial charge on any atom is -0.497 e. The summed E-state index contributed by atoms with van der Waals surface area (Å²) in [7, 11) is -1.36. The Bertz CT molecular complexity index is 1470. The van der Waals surface area contributed by atoms with Gasteiger partial charge in [0.1, 0.15) is 24.1 Å². The molecule has 226 valence electrons. The van der Waals surface area contributed by atoms with Crippen LogP contribution in [0.5, 0.6) is 11.5 Å². The highest BCUT2D eigenvalue weighted by molar-refractivity contribution is 7.92. The third kappa shape index (κ3) is 7.74. The first-order valence-corrected chi connectivity index (χ1v) is 15.5. The van der Waals surface area contributed by atoms with Crippen LogP contribution in [0.3, 0.4) is 0 Å². The van der Waals surface area contributed by atoms with Gasteiger partial charge in [0.2, 0.25) is 11.8 Å². The zero-order valence-corrected chi connectivity index (χ0v) is 26.1. The fourth-order valence-electron chi connectivity index (χ4n) is 4.39. The average molecular weight is 616 g/mol. The summed E-state index contributed by atoms with van der Waals surface area (Å²) in [5, 5.41) is 3.39. The monoisotopic (exact) mass is 615 g/mol. The number of rotatable bonds is 14. The van der Waals surface area contributed by atoms with E-state index >= 15 is 0 Å². The molecule has 0 bridgehead atoms. The Balaban J connectivity index is 2.11. The topological polar surface area (TPSA) is 105 Å². The largest absolute Gasteiger partial charge is 0.497 e. The van der Waals surface area contributed by atoms with Crippen LogP contribution in [0.1, 0.15) is 39.2 Å². The first-order chi connectivity index (χ1) is 20.1. The van der Waals surface area contributed by atoms with Gasteiger partial charge in [-0.2, -0.15) is 0 Å². The summed E-state index contributed by atoms with van der Waals surface area (Å²) in [6.07, 6.45) is 1.01. The van der Waals surface area contributed by atoms with Gasteiger partial charge in [0, 0.05) is 17.6 Å². The van der Waals surface area contributed by atoms with E-state index in [1.54, 1.807) is 55.5 Å². The van der Waals surface area contributed by atoms with Gasteiger partial charge in [-0.3, -0.25) is 13.9 Å². The highest BCUT2D eigenvalue weighted by atomic mass is 35.5. The smallest absolute Gasteiger partial charge is 0.264 e. The van der Waals surface area contributed by atoms with E-state index in [9.17, 15) is 18.0 Å². The van der Waals surface area contributed by atoms with E-state index in [4.69, 9.17) is 21.1 Å². The number of ether oxygens (including phenoxy) is 2. The number of anilines is 1. The van der Waals surface area contributed by atoms with Crippen molar-refractivity contribution in [2.75, 3.05) is 25.1 Å². The molecule has 0 fully saturated rings. The van der Waals surface area contributed by atoms with Crippen molar-refractivity contribution in [3.8, 4) is 11.5 Å². The first-order valence-electron chi connectivity index (χ1n) is 13.7. The third-order valence-electron chi connectivity index (χ3n) is 6.97. The Hall–Kier alpha value is -3.76. The predicted octanol–water partition coefficient (Wildman–Crippen LogP) is 5.27. The second kappa shape index (κ2) is 14.9. The molecule has 2 amide bonds. The third-order valence-corrected chi connectivity index (χ3v) is 9.11. The van der Waals surface area contributed by atoms with Crippen molar-refractivity contribution in [2.45, 2.75) is 57.1 Å². The number of nitrogens with zero attached hydrogens (tertiary/aromatic N) is 2. The lowest BCUT2D eigenvalue weighted by atomic mass is 10.1. The summed E-state index contributed by atoms with van der Waals surface area (Å²) >= 11 is 6.45. The van der Waals surface area contributed by atoms with Gasteiger partial charge < -0.3 is 19.7 Å². The van der Waals surface area contributed by atoms with Gasteiger partial charge in [0.25, 0.3) is 10.0 Å².